The molecule has 34 heavy (non-hydrogen) atoms. The van der Waals surface area contributed by atoms with Crippen LogP contribution in [0.2, 0.25) is 10.0 Å². The Balaban J connectivity index is 1.82. The van der Waals surface area contributed by atoms with Crippen LogP contribution < -0.4 is 14.8 Å². The zero-order chi connectivity index (χ0) is 24.8. The molecule has 3 rings (SSSR count). The zero-order valence-corrected chi connectivity index (χ0v) is 22.4. The molecule has 8 heteroatoms. The van der Waals surface area contributed by atoms with Crippen LogP contribution in [0, 0.1) is 28.7 Å². The molecule has 0 aliphatic rings. The van der Waals surface area contributed by atoms with E-state index < -0.39 is 5.91 Å². The summed E-state index contributed by atoms with van der Waals surface area (Å²) in [7, 11) is 1.55. The van der Waals surface area contributed by atoms with Crippen LogP contribution in [0.1, 0.15) is 22.3 Å². The van der Waals surface area contributed by atoms with Gasteiger partial charge in [-0.05, 0) is 84.0 Å². The maximum absolute atomic E-state index is 12.6. The van der Waals surface area contributed by atoms with Crippen molar-refractivity contribution >= 4 is 63.5 Å². The second-order valence-corrected chi connectivity index (χ2v) is 9.55. The van der Waals surface area contributed by atoms with Crippen molar-refractivity contribution in [3.8, 4) is 17.6 Å². The third kappa shape index (κ3) is 6.66. The standard InChI is InChI=1S/C26H21Cl2IN2O3/c1-15-6-16(2)8-18(7-15)14-34-25-23(29)10-17(11-24(25)33-3)9-19(13-30)26(32)31-20-4-5-21(27)22(28)12-20/h4-12H,14H2,1-3H3,(H,31,32)/b19-9+. The number of carbonyl (C=O) groups is 1. The van der Waals surface area contributed by atoms with E-state index in [4.69, 9.17) is 32.7 Å². The quantitative estimate of drug-likeness (QED) is 0.173. The fourth-order valence-corrected chi connectivity index (χ4v) is 4.44. The van der Waals surface area contributed by atoms with Crippen LogP contribution >= 0.6 is 45.8 Å². The van der Waals surface area contributed by atoms with Crippen LogP contribution in [-0.2, 0) is 11.4 Å². The molecular weight excluding hydrogens is 586 g/mol. The highest BCUT2D eigenvalue weighted by molar-refractivity contribution is 14.1. The van der Waals surface area contributed by atoms with Crippen LogP contribution in [0.5, 0.6) is 11.5 Å². The van der Waals surface area contributed by atoms with Crippen LogP contribution in [0.4, 0.5) is 5.69 Å². The minimum absolute atomic E-state index is 0.0761. The first-order valence-electron chi connectivity index (χ1n) is 10.2. The highest BCUT2D eigenvalue weighted by Crippen LogP contribution is 2.35. The number of hydrogen-bond donors (Lipinski definition) is 1. The minimum Gasteiger partial charge on any atom is -0.493 e. The molecule has 0 bridgehead atoms. The maximum Gasteiger partial charge on any atom is 0.266 e. The lowest BCUT2D eigenvalue weighted by Gasteiger charge is -2.14. The Kier molecular flexibility index (Phi) is 8.84. The number of halogens is 3. The lowest BCUT2D eigenvalue weighted by molar-refractivity contribution is -0.112. The van der Waals surface area contributed by atoms with Gasteiger partial charge < -0.3 is 14.8 Å². The highest BCUT2D eigenvalue weighted by atomic mass is 127. The summed E-state index contributed by atoms with van der Waals surface area (Å²) in [4.78, 5) is 12.6. The molecule has 0 aromatic heterocycles. The van der Waals surface area contributed by atoms with E-state index >= 15 is 0 Å². The van der Waals surface area contributed by atoms with Crippen molar-refractivity contribution in [3.05, 3.63) is 90.0 Å². The van der Waals surface area contributed by atoms with Crippen molar-refractivity contribution in [1.29, 1.82) is 5.26 Å². The van der Waals surface area contributed by atoms with Gasteiger partial charge in [0.05, 0.1) is 20.7 Å². The average Bonchev–Trinajstić information content (AvgIpc) is 2.78. The molecule has 0 saturated carbocycles. The van der Waals surface area contributed by atoms with Crippen LogP contribution in [0.25, 0.3) is 6.08 Å². The topological polar surface area (TPSA) is 71.3 Å². The molecule has 0 radical (unpaired) electrons. The summed E-state index contributed by atoms with van der Waals surface area (Å²) >= 11 is 14.1. The van der Waals surface area contributed by atoms with Gasteiger partial charge in [0.15, 0.2) is 11.5 Å². The number of benzene rings is 3. The number of methoxy groups -OCH3 is 1. The second-order valence-electron chi connectivity index (χ2n) is 7.57. The van der Waals surface area contributed by atoms with E-state index in [1.54, 1.807) is 25.3 Å². The summed E-state index contributed by atoms with van der Waals surface area (Å²) in [5.74, 6) is 0.535. The number of carbonyl (C=O) groups excluding carboxylic acids is 1. The predicted octanol–water partition coefficient (Wildman–Crippen LogP) is 7.35. The molecule has 5 nitrogen and oxygen atoms in total. The summed E-state index contributed by atoms with van der Waals surface area (Å²) in [6.07, 6.45) is 1.49. The van der Waals surface area contributed by atoms with E-state index in [2.05, 4.69) is 46.1 Å². The summed E-state index contributed by atoms with van der Waals surface area (Å²) in [5.41, 5.74) is 4.38. The number of nitriles is 1. The maximum atomic E-state index is 12.6. The number of nitrogens with zero attached hydrogens (tertiary/aromatic N) is 1. The van der Waals surface area contributed by atoms with Crippen molar-refractivity contribution in [1.82, 2.24) is 0 Å². The predicted molar refractivity (Wildman–Crippen MR) is 145 cm³/mol. The van der Waals surface area contributed by atoms with Crippen molar-refractivity contribution in [2.24, 2.45) is 0 Å². The molecule has 0 saturated heterocycles. The molecule has 0 spiro atoms. The number of hydrogen-bond acceptors (Lipinski definition) is 4. The molecule has 0 aliphatic heterocycles. The van der Waals surface area contributed by atoms with E-state index in [9.17, 15) is 10.1 Å². The third-order valence-corrected chi connectivity index (χ3v) is 6.31. The fraction of sp³-hybridized carbons (Fsp3) is 0.154. The first-order chi connectivity index (χ1) is 16.2. The van der Waals surface area contributed by atoms with E-state index in [-0.39, 0.29) is 5.57 Å². The number of aryl methyl sites for hydroxylation is 2. The monoisotopic (exact) mass is 606 g/mol. The number of rotatable bonds is 7. The van der Waals surface area contributed by atoms with Gasteiger partial charge in [-0.1, -0.05) is 52.5 Å². The van der Waals surface area contributed by atoms with Crippen molar-refractivity contribution in [2.75, 3.05) is 12.4 Å². The van der Waals surface area contributed by atoms with Crippen molar-refractivity contribution in [3.63, 3.8) is 0 Å². The van der Waals surface area contributed by atoms with Gasteiger partial charge in [0, 0.05) is 5.69 Å². The average molecular weight is 607 g/mol. The molecule has 0 aliphatic carbocycles. The third-order valence-electron chi connectivity index (χ3n) is 4.77. The number of nitrogens with one attached hydrogen (secondary N) is 1. The Labute approximate surface area is 222 Å². The highest BCUT2D eigenvalue weighted by Gasteiger charge is 2.15. The Morgan fingerprint density at radius 2 is 1.79 bits per heavy atom. The van der Waals surface area contributed by atoms with E-state index in [1.165, 1.54) is 23.3 Å². The summed E-state index contributed by atoms with van der Waals surface area (Å²) in [5, 5.41) is 12.9. The first kappa shape index (κ1) is 25.9. The van der Waals surface area contributed by atoms with Gasteiger partial charge in [0.1, 0.15) is 18.2 Å². The normalized spacial score (nSPS) is 11.0. The SMILES string of the molecule is COc1cc(/C=C(\C#N)C(=O)Nc2ccc(Cl)c(Cl)c2)cc(I)c1OCc1cc(C)cc(C)c1. The lowest BCUT2D eigenvalue weighted by Crippen LogP contribution is -2.13. The molecule has 3 aromatic carbocycles. The summed E-state index contributed by atoms with van der Waals surface area (Å²) < 4.78 is 12.4. The largest absolute Gasteiger partial charge is 0.493 e. The van der Waals surface area contributed by atoms with Gasteiger partial charge in [-0.2, -0.15) is 5.26 Å². The number of ether oxygens (including phenoxy) is 2. The van der Waals surface area contributed by atoms with E-state index in [0.29, 0.717) is 39.4 Å². The first-order valence-corrected chi connectivity index (χ1v) is 12.0. The zero-order valence-electron chi connectivity index (χ0n) is 18.7. The second kappa shape index (κ2) is 11.6. The lowest BCUT2D eigenvalue weighted by atomic mass is 10.1. The molecular formula is C26H21Cl2IN2O3. The van der Waals surface area contributed by atoms with Gasteiger partial charge in [0.25, 0.3) is 5.91 Å². The van der Waals surface area contributed by atoms with Crippen LogP contribution in [-0.4, -0.2) is 13.0 Å². The molecule has 1 N–H and O–H groups in total. The van der Waals surface area contributed by atoms with Gasteiger partial charge in [0.2, 0.25) is 0 Å². The van der Waals surface area contributed by atoms with Gasteiger partial charge in [-0.25, -0.2) is 0 Å². The molecule has 0 heterocycles. The van der Waals surface area contributed by atoms with Crippen LogP contribution in [0.15, 0.2) is 54.1 Å². The number of amides is 1. The minimum atomic E-state index is -0.565. The molecule has 3 aromatic rings. The summed E-state index contributed by atoms with van der Waals surface area (Å²) in [6, 6.07) is 16.4. The van der Waals surface area contributed by atoms with Gasteiger partial charge >= 0.3 is 0 Å². The van der Waals surface area contributed by atoms with Crippen molar-refractivity contribution in [2.45, 2.75) is 20.5 Å². The molecule has 0 fully saturated rings. The molecule has 0 atom stereocenters. The Morgan fingerprint density at radius 3 is 2.41 bits per heavy atom. The van der Waals surface area contributed by atoms with Crippen molar-refractivity contribution < 1.29 is 14.3 Å². The summed E-state index contributed by atoms with van der Waals surface area (Å²) in [6.45, 7) is 4.48. The Bertz CT molecular complexity index is 1300. The van der Waals surface area contributed by atoms with Gasteiger partial charge in [-0.15, -0.1) is 0 Å². The Hall–Kier alpha value is -2.73. The molecule has 0 unspecified atom stereocenters. The van der Waals surface area contributed by atoms with Gasteiger partial charge in [-0.3, -0.25) is 4.79 Å². The van der Waals surface area contributed by atoms with Crippen LogP contribution in [0.3, 0.4) is 0 Å². The van der Waals surface area contributed by atoms with E-state index in [1.807, 2.05) is 26.0 Å². The molecule has 1 amide bonds. The molecule has 174 valence electrons. The van der Waals surface area contributed by atoms with E-state index in [0.717, 1.165) is 9.13 Å². The fourth-order valence-electron chi connectivity index (χ4n) is 3.36. The smallest absolute Gasteiger partial charge is 0.266 e. The Morgan fingerprint density at radius 1 is 1.09 bits per heavy atom. The number of anilines is 1.